The Labute approximate surface area is 148 Å². The van der Waals surface area contributed by atoms with Gasteiger partial charge in [-0.3, -0.25) is 4.99 Å². The molecule has 0 unspecified atom stereocenters. The molecule has 1 aromatic heterocycles. The molecule has 2 nitrogen and oxygen atoms in total. The molecule has 0 fully saturated rings. The monoisotopic (exact) mass is 334 g/mol. The van der Waals surface area contributed by atoms with Gasteiger partial charge < -0.3 is 4.57 Å². The Morgan fingerprint density at radius 1 is 1.04 bits per heavy atom. The molecule has 3 heteroatoms. The molecule has 0 bridgehead atoms. The summed E-state index contributed by atoms with van der Waals surface area (Å²) in [6.07, 6.45) is 2.85. The van der Waals surface area contributed by atoms with Crippen LogP contribution in [-0.4, -0.2) is 10.8 Å². The number of hydrogen-bond donors (Lipinski definition) is 0. The van der Waals surface area contributed by atoms with Crippen molar-refractivity contribution in [2.24, 2.45) is 4.99 Å². The highest BCUT2D eigenvalue weighted by Crippen LogP contribution is 2.24. The second-order valence-electron chi connectivity index (χ2n) is 6.34. The van der Waals surface area contributed by atoms with Crippen LogP contribution < -0.4 is 0 Å². The van der Waals surface area contributed by atoms with Crippen LogP contribution in [0.25, 0.3) is 5.69 Å². The Hall–Kier alpha value is -2.68. The predicted molar refractivity (Wildman–Crippen MR) is 103 cm³/mol. The molecule has 2 aromatic carbocycles. The first-order valence-electron chi connectivity index (χ1n) is 8.58. The highest BCUT2D eigenvalue weighted by atomic mass is 19.1. The maximum Gasteiger partial charge on any atom is 0.126 e. The van der Waals surface area contributed by atoms with Crippen LogP contribution >= 0.6 is 0 Å². The van der Waals surface area contributed by atoms with Gasteiger partial charge in [0, 0.05) is 28.9 Å². The van der Waals surface area contributed by atoms with E-state index in [-0.39, 0.29) is 5.82 Å². The van der Waals surface area contributed by atoms with E-state index in [1.807, 2.05) is 6.21 Å². The summed E-state index contributed by atoms with van der Waals surface area (Å²) < 4.78 is 15.7. The number of aromatic nitrogens is 1. The third-order valence-corrected chi connectivity index (χ3v) is 4.58. The summed E-state index contributed by atoms with van der Waals surface area (Å²) in [7, 11) is 0. The maximum absolute atomic E-state index is 13.4. The molecule has 1 heterocycles. The van der Waals surface area contributed by atoms with Crippen molar-refractivity contribution in [2.45, 2.75) is 34.1 Å². The van der Waals surface area contributed by atoms with Gasteiger partial charge in [-0.2, -0.15) is 0 Å². The lowest BCUT2D eigenvalue weighted by Gasteiger charge is -2.13. The van der Waals surface area contributed by atoms with E-state index in [1.165, 1.54) is 23.0 Å². The molecule has 0 N–H and O–H groups in total. The number of nitrogens with zero attached hydrogens (tertiary/aromatic N) is 2. The normalized spacial score (nSPS) is 11.4. The molecule has 0 aliphatic carbocycles. The van der Waals surface area contributed by atoms with Crippen molar-refractivity contribution in [1.29, 1.82) is 0 Å². The minimum Gasteiger partial charge on any atom is -0.318 e. The van der Waals surface area contributed by atoms with Gasteiger partial charge in [-0.05, 0) is 68.7 Å². The van der Waals surface area contributed by atoms with E-state index >= 15 is 0 Å². The molecular formula is C22H23FN2. The standard InChI is InChI=1S/C22H23FN2/c1-5-18-8-6-7-9-22(18)25-16(3)13-19(17(25)4)14-24-20-10-11-21(23)15(2)12-20/h6-14H,5H2,1-4H3. The number of halogens is 1. The molecule has 0 aliphatic rings. The van der Waals surface area contributed by atoms with E-state index in [0.717, 1.165) is 23.4 Å². The highest BCUT2D eigenvalue weighted by molar-refractivity contribution is 5.84. The fraction of sp³-hybridized carbons (Fsp3) is 0.227. The molecule has 0 aliphatic heterocycles. The molecule has 0 atom stereocenters. The summed E-state index contributed by atoms with van der Waals surface area (Å²) in [4.78, 5) is 4.52. The van der Waals surface area contributed by atoms with Gasteiger partial charge in [0.15, 0.2) is 0 Å². The lowest BCUT2D eigenvalue weighted by molar-refractivity contribution is 0.618. The number of aryl methyl sites for hydroxylation is 3. The number of aliphatic imine (C=N–C) groups is 1. The van der Waals surface area contributed by atoms with Crippen molar-refractivity contribution in [3.63, 3.8) is 0 Å². The topological polar surface area (TPSA) is 17.3 Å². The third kappa shape index (κ3) is 3.41. The summed E-state index contributed by atoms with van der Waals surface area (Å²) in [5.74, 6) is -0.201. The molecule has 0 radical (unpaired) electrons. The largest absolute Gasteiger partial charge is 0.318 e. The van der Waals surface area contributed by atoms with Gasteiger partial charge in [0.2, 0.25) is 0 Å². The highest BCUT2D eigenvalue weighted by Gasteiger charge is 2.11. The van der Waals surface area contributed by atoms with E-state index in [0.29, 0.717) is 5.56 Å². The summed E-state index contributed by atoms with van der Waals surface area (Å²) in [6.45, 7) is 8.14. The SMILES string of the molecule is CCc1ccccc1-n1c(C)cc(C=Nc2ccc(F)c(C)c2)c1C. The Morgan fingerprint density at radius 3 is 2.52 bits per heavy atom. The summed E-state index contributed by atoms with van der Waals surface area (Å²) >= 11 is 0. The Morgan fingerprint density at radius 2 is 1.80 bits per heavy atom. The van der Waals surface area contributed by atoms with Crippen molar-refractivity contribution < 1.29 is 4.39 Å². The van der Waals surface area contributed by atoms with Crippen molar-refractivity contribution in [3.05, 3.63) is 82.4 Å². The molecule has 0 spiro atoms. The summed E-state index contributed by atoms with van der Waals surface area (Å²) in [6, 6.07) is 15.5. The number of hydrogen-bond acceptors (Lipinski definition) is 1. The number of benzene rings is 2. The van der Waals surface area contributed by atoms with Gasteiger partial charge in [-0.1, -0.05) is 25.1 Å². The smallest absolute Gasteiger partial charge is 0.126 e. The van der Waals surface area contributed by atoms with Crippen LogP contribution in [0.3, 0.4) is 0 Å². The Balaban J connectivity index is 1.99. The average molecular weight is 334 g/mol. The van der Waals surface area contributed by atoms with Crippen LogP contribution in [0.4, 0.5) is 10.1 Å². The average Bonchev–Trinajstić information content (AvgIpc) is 2.89. The molecular weight excluding hydrogens is 311 g/mol. The quantitative estimate of drug-likeness (QED) is 0.532. The van der Waals surface area contributed by atoms with Crippen LogP contribution in [0.2, 0.25) is 0 Å². The van der Waals surface area contributed by atoms with Gasteiger partial charge in [-0.15, -0.1) is 0 Å². The predicted octanol–water partition coefficient (Wildman–Crippen LogP) is 5.85. The van der Waals surface area contributed by atoms with Crippen molar-refractivity contribution in [3.8, 4) is 5.69 Å². The molecule has 3 aromatic rings. The second kappa shape index (κ2) is 7.06. The van der Waals surface area contributed by atoms with E-state index in [9.17, 15) is 4.39 Å². The van der Waals surface area contributed by atoms with Crippen LogP contribution in [0.1, 0.15) is 35.0 Å². The minimum atomic E-state index is -0.201. The summed E-state index contributed by atoms with van der Waals surface area (Å²) in [5.41, 5.74) is 7.32. The zero-order valence-corrected chi connectivity index (χ0v) is 15.2. The van der Waals surface area contributed by atoms with Gasteiger partial charge in [-0.25, -0.2) is 4.39 Å². The zero-order valence-electron chi connectivity index (χ0n) is 15.2. The molecule has 0 saturated carbocycles. The number of rotatable bonds is 4. The second-order valence-corrected chi connectivity index (χ2v) is 6.34. The van der Waals surface area contributed by atoms with Crippen LogP contribution in [0.5, 0.6) is 0 Å². The molecule has 128 valence electrons. The summed E-state index contributed by atoms with van der Waals surface area (Å²) in [5, 5.41) is 0. The first-order chi connectivity index (χ1) is 12.0. The van der Waals surface area contributed by atoms with E-state index in [4.69, 9.17) is 0 Å². The van der Waals surface area contributed by atoms with Crippen LogP contribution in [-0.2, 0) is 6.42 Å². The first kappa shape index (κ1) is 17.2. The number of para-hydroxylation sites is 1. The van der Waals surface area contributed by atoms with Gasteiger partial charge in [0.25, 0.3) is 0 Å². The van der Waals surface area contributed by atoms with E-state index < -0.39 is 0 Å². The lowest BCUT2D eigenvalue weighted by atomic mass is 10.1. The Bertz CT molecular complexity index is 935. The molecule has 25 heavy (non-hydrogen) atoms. The minimum absolute atomic E-state index is 0.201. The molecule has 0 amide bonds. The molecule has 0 saturated heterocycles. The van der Waals surface area contributed by atoms with Crippen molar-refractivity contribution in [1.82, 2.24) is 4.57 Å². The van der Waals surface area contributed by atoms with Crippen molar-refractivity contribution >= 4 is 11.9 Å². The maximum atomic E-state index is 13.4. The Kier molecular flexibility index (Phi) is 4.84. The van der Waals surface area contributed by atoms with Crippen LogP contribution in [0, 0.1) is 26.6 Å². The van der Waals surface area contributed by atoms with E-state index in [1.54, 1.807) is 19.1 Å². The lowest BCUT2D eigenvalue weighted by Crippen LogP contribution is -2.03. The van der Waals surface area contributed by atoms with Gasteiger partial charge in [0.1, 0.15) is 5.82 Å². The molecule has 3 rings (SSSR count). The van der Waals surface area contributed by atoms with Gasteiger partial charge in [0.05, 0.1) is 5.69 Å². The first-order valence-corrected chi connectivity index (χ1v) is 8.58. The van der Waals surface area contributed by atoms with E-state index in [2.05, 4.69) is 60.7 Å². The third-order valence-electron chi connectivity index (χ3n) is 4.58. The van der Waals surface area contributed by atoms with Gasteiger partial charge >= 0.3 is 0 Å². The zero-order chi connectivity index (χ0) is 18.0. The fourth-order valence-corrected chi connectivity index (χ4v) is 3.17. The van der Waals surface area contributed by atoms with Crippen molar-refractivity contribution in [2.75, 3.05) is 0 Å². The fourth-order valence-electron chi connectivity index (χ4n) is 3.17. The van der Waals surface area contributed by atoms with Crippen LogP contribution in [0.15, 0.2) is 53.5 Å².